The van der Waals surface area contributed by atoms with E-state index in [1.807, 2.05) is 30.3 Å². The molecule has 0 bridgehead atoms. The van der Waals surface area contributed by atoms with Gasteiger partial charge in [-0.2, -0.15) is 0 Å². The number of carboxylic acids is 1. The Morgan fingerprint density at radius 1 is 1.40 bits per heavy atom. The Hall–Kier alpha value is -1.95. The molecule has 1 rings (SSSR count). The lowest BCUT2D eigenvalue weighted by Crippen LogP contribution is -2.41. The Labute approximate surface area is 122 Å². The molecule has 2 N–H and O–H groups in total. The lowest BCUT2D eigenvalue weighted by Gasteiger charge is -2.13. The fraction of sp³-hybridized carbons (Fsp3) is 0.286. The van der Waals surface area contributed by atoms with Crippen molar-refractivity contribution in [1.29, 1.82) is 0 Å². The molecule has 1 unspecified atom stereocenters. The summed E-state index contributed by atoms with van der Waals surface area (Å²) in [4.78, 5) is 23.4. The summed E-state index contributed by atoms with van der Waals surface area (Å²) in [6.45, 7) is 3.46. The van der Waals surface area contributed by atoms with E-state index >= 15 is 0 Å². The quantitative estimate of drug-likeness (QED) is 0.569. The van der Waals surface area contributed by atoms with Gasteiger partial charge in [-0.3, -0.25) is 0 Å². The number of hydrogen-bond donors (Lipinski definition) is 2. The van der Waals surface area contributed by atoms with Gasteiger partial charge in [0, 0.05) is 10.6 Å². The number of rotatable bonds is 8. The van der Waals surface area contributed by atoms with Gasteiger partial charge in [0.05, 0.1) is 0 Å². The van der Waals surface area contributed by atoms with Crippen molar-refractivity contribution >= 4 is 23.8 Å². The van der Waals surface area contributed by atoms with Crippen LogP contribution in [0.5, 0.6) is 0 Å². The zero-order valence-electron chi connectivity index (χ0n) is 11.0. The van der Waals surface area contributed by atoms with Crippen molar-refractivity contribution < 1.29 is 19.4 Å². The predicted octanol–water partition coefficient (Wildman–Crippen LogP) is 2.53. The molecule has 0 aliphatic heterocycles. The number of ether oxygens (including phenoxy) is 1. The number of alkyl carbamates (subject to hydrolysis) is 1. The van der Waals surface area contributed by atoms with Gasteiger partial charge in [-0.05, 0) is 18.6 Å². The molecule has 0 heterocycles. The third-order valence-corrected chi connectivity index (χ3v) is 3.39. The molecule has 0 fully saturated rings. The van der Waals surface area contributed by atoms with Gasteiger partial charge in [0.1, 0.15) is 12.6 Å². The Kier molecular flexibility index (Phi) is 7.27. The molecule has 1 atom stereocenters. The van der Waals surface area contributed by atoms with Crippen LogP contribution in [0.4, 0.5) is 4.79 Å². The molecule has 108 valence electrons. The number of nitrogens with one attached hydrogen (secondary N) is 1. The number of benzene rings is 1. The van der Waals surface area contributed by atoms with Crippen LogP contribution in [-0.2, 0) is 9.53 Å². The summed E-state index contributed by atoms with van der Waals surface area (Å²) in [5, 5.41) is 11.4. The highest BCUT2D eigenvalue weighted by molar-refractivity contribution is 7.99. The average molecular weight is 295 g/mol. The molecule has 1 amide bonds. The topological polar surface area (TPSA) is 75.6 Å². The van der Waals surface area contributed by atoms with E-state index in [1.165, 1.54) is 17.8 Å². The normalized spacial score (nSPS) is 11.4. The second kappa shape index (κ2) is 9.03. The maximum absolute atomic E-state index is 11.3. The molecule has 0 aliphatic rings. The van der Waals surface area contributed by atoms with Crippen molar-refractivity contribution in [2.75, 3.05) is 12.4 Å². The average Bonchev–Trinajstić information content (AvgIpc) is 2.45. The lowest BCUT2D eigenvalue weighted by atomic mass is 10.2. The Balaban J connectivity index is 2.37. The van der Waals surface area contributed by atoms with Crippen LogP contribution in [0, 0.1) is 0 Å². The number of thioether (sulfide) groups is 1. The van der Waals surface area contributed by atoms with Crippen LogP contribution >= 0.6 is 11.8 Å². The van der Waals surface area contributed by atoms with Crippen LogP contribution in [-0.4, -0.2) is 35.6 Å². The van der Waals surface area contributed by atoms with E-state index < -0.39 is 18.1 Å². The van der Waals surface area contributed by atoms with Gasteiger partial charge in [-0.15, -0.1) is 11.8 Å². The number of aliphatic carboxylic acids is 1. The number of carboxylic acid groups (broad SMARTS) is 1. The highest BCUT2D eigenvalue weighted by Crippen LogP contribution is 2.18. The van der Waals surface area contributed by atoms with Gasteiger partial charge in [0.25, 0.3) is 0 Å². The third-order valence-electron chi connectivity index (χ3n) is 2.34. The molecule has 0 saturated heterocycles. The van der Waals surface area contributed by atoms with E-state index in [0.717, 1.165) is 4.90 Å². The molecule has 1 aromatic rings. The van der Waals surface area contributed by atoms with Crippen LogP contribution in [0.15, 0.2) is 47.9 Å². The molecular weight excluding hydrogens is 278 g/mol. The highest BCUT2D eigenvalue weighted by Gasteiger charge is 2.20. The molecule has 20 heavy (non-hydrogen) atoms. The minimum atomic E-state index is -1.07. The van der Waals surface area contributed by atoms with E-state index in [-0.39, 0.29) is 6.61 Å². The van der Waals surface area contributed by atoms with Gasteiger partial charge < -0.3 is 15.2 Å². The van der Waals surface area contributed by atoms with E-state index in [0.29, 0.717) is 12.2 Å². The van der Waals surface area contributed by atoms with Crippen LogP contribution in [0.25, 0.3) is 0 Å². The number of carbonyl (C=O) groups is 2. The first-order valence-electron chi connectivity index (χ1n) is 6.08. The second-order valence-electron chi connectivity index (χ2n) is 3.87. The SMILES string of the molecule is C=CCOC(=O)NC(CCSc1ccccc1)C(=O)O. The minimum absolute atomic E-state index is 0.0525. The number of hydrogen-bond acceptors (Lipinski definition) is 4. The Morgan fingerprint density at radius 3 is 2.70 bits per heavy atom. The summed E-state index contributed by atoms with van der Waals surface area (Å²) < 4.78 is 4.70. The Morgan fingerprint density at radius 2 is 2.10 bits per heavy atom. The number of carbonyl (C=O) groups excluding carboxylic acids is 1. The van der Waals surface area contributed by atoms with E-state index in [4.69, 9.17) is 9.84 Å². The molecule has 0 radical (unpaired) electrons. The summed E-state index contributed by atoms with van der Waals surface area (Å²) in [7, 11) is 0. The first kappa shape index (κ1) is 16.1. The van der Waals surface area contributed by atoms with Crippen molar-refractivity contribution in [3.8, 4) is 0 Å². The molecule has 5 nitrogen and oxygen atoms in total. The second-order valence-corrected chi connectivity index (χ2v) is 5.04. The van der Waals surface area contributed by atoms with Gasteiger partial charge in [-0.25, -0.2) is 9.59 Å². The minimum Gasteiger partial charge on any atom is -0.480 e. The summed E-state index contributed by atoms with van der Waals surface area (Å²) in [5.74, 6) is -0.489. The zero-order valence-corrected chi connectivity index (χ0v) is 11.8. The van der Waals surface area contributed by atoms with Crippen LogP contribution in [0.3, 0.4) is 0 Å². The molecule has 1 aromatic carbocycles. The lowest BCUT2D eigenvalue weighted by molar-refractivity contribution is -0.139. The van der Waals surface area contributed by atoms with E-state index in [2.05, 4.69) is 11.9 Å². The van der Waals surface area contributed by atoms with Gasteiger partial charge >= 0.3 is 12.1 Å². The van der Waals surface area contributed by atoms with Crippen molar-refractivity contribution in [3.63, 3.8) is 0 Å². The fourth-order valence-electron chi connectivity index (χ4n) is 1.39. The first-order chi connectivity index (χ1) is 9.63. The molecule has 0 aliphatic carbocycles. The van der Waals surface area contributed by atoms with Gasteiger partial charge in [-0.1, -0.05) is 30.9 Å². The standard InChI is InChI=1S/C14H17NO4S/c1-2-9-19-14(18)15-12(13(16)17)8-10-20-11-6-4-3-5-7-11/h2-7,12H,1,8-10H2,(H,15,18)(H,16,17). The smallest absolute Gasteiger partial charge is 0.408 e. The summed E-state index contributed by atoms with van der Waals surface area (Å²) in [5.41, 5.74) is 0. The monoisotopic (exact) mass is 295 g/mol. The maximum Gasteiger partial charge on any atom is 0.408 e. The third kappa shape index (κ3) is 6.29. The highest BCUT2D eigenvalue weighted by atomic mass is 32.2. The first-order valence-corrected chi connectivity index (χ1v) is 7.07. The van der Waals surface area contributed by atoms with Crippen molar-refractivity contribution in [1.82, 2.24) is 5.32 Å². The maximum atomic E-state index is 11.3. The van der Waals surface area contributed by atoms with Crippen molar-refractivity contribution in [3.05, 3.63) is 43.0 Å². The summed E-state index contributed by atoms with van der Waals surface area (Å²) in [6.07, 6.45) is 0.987. The van der Waals surface area contributed by atoms with Gasteiger partial charge in [0.2, 0.25) is 0 Å². The van der Waals surface area contributed by atoms with Crippen molar-refractivity contribution in [2.45, 2.75) is 17.4 Å². The van der Waals surface area contributed by atoms with E-state index in [1.54, 1.807) is 0 Å². The van der Waals surface area contributed by atoms with E-state index in [9.17, 15) is 9.59 Å². The summed E-state index contributed by atoms with van der Waals surface area (Å²) in [6, 6.07) is 8.70. The van der Waals surface area contributed by atoms with Crippen LogP contribution < -0.4 is 5.32 Å². The Bertz CT molecular complexity index is 450. The van der Waals surface area contributed by atoms with Crippen LogP contribution in [0.1, 0.15) is 6.42 Å². The van der Waals surface area contributed by atoms with Crippen molar-refractivity contribution in [2.24, 2.45) is 0 Å². The molecule has 0 saturated carbocycles. The molecule has 0 spiro atoms. The van der Waals surface area contributed by atoms with Crippen LogP contribution in [0.2, 0.25) is 0 Å². The van der Waals surface area contributed by atoms with Gasteiger partial charge in [0.15, 0.2) is 0 Å². The molecule has 0 aromatic heterocycles. The zero-order chi connectivity index (χ0) is 14.8. The number of amides is 1. The fourth-order valence-corrected chi connectivity index (χ4v) is 2.33. The molecule has 6 heteroatoms. The molecular formula is C14H17NO4S. The summed E-state index contributed by atoms with van der Waals surface area (Å²) >= 11 is 1.54. The predicted molar refractivity (Wildman–Crippen MR) is 77.9 cm³/mol. The largest absolute Gasteiger partial charge is 0.480 e.